The fourth-order valence-corrected chi connectivity index (χ4v) is 0.890. The lowest BCUT2D eigenvalue weighted by Gasteiger charge is -1.65. The molecule has 0 aromatic carbocycles. The van der Waals surface area contributed by atoms with Gasteiger partial charge < -0.3 is 5.41 Å². The molecule has 0 aliphatic carbocycles. The second kappa shape index (κ2) is 5.22. The van der Waals surface area contributed by atoms with Crippen molar-refractivity contribution in [1.82, 2.24) is 0 Å². The van der Waals surface area contributed by atoms with Gasteiger partial charge >= 0.3 is 0 Å². The molecule has 0 radical (unpaired) electrons. The number of nitrogens with zero attached hydrogens (tertiary/aromatic N) is 1. The van der Waals surface area contributed by atoms with Crippen molar-refractivity contribution in [3.8, 4) is 0 Å². The van der Waals surface area contributed by atoms with Gasteiger partial charge in [0.15, 0.2) is 0 Å². The van der Waals surface area contributed by atoms with E-state index in [-0.39, 0.29) is 0 Å². The Bertz CT molecular complexity index is 175. The van der Waals surface area contributed by atoms with E-state index in [2.05, 4.69) is 24.4 Å². The number of thiophene rings is 1. The SMILES string of the molecule is Cc1cccs1.[N-]=C=O. The average Bonchev–Trinajstić information content (AvgIpc) is 2.20. The van der Waals surface area contributed by atoms with Crippen LogP contribution in [-0.2, 0) is 4.79 Å². The first-order valence-corrected chi connectivity index (χ1v) is 3.20. The van der Waals surface area contributed by atoms with Gasteiger partial charge in [-0.2, -0.15) is 0 Å². The molecule has 0 N–H and O–H groups in total. The summed E-state index contributed by atoms with van der Waals surface area (Å²) in [5.41, 5.74) is 0. The zero-order chi connectivity index (χ0) is 7.11. The molecule has 2 nitrogen and oxygen atoms in total. The summed E-state index contributed by atoms with van der Waals surface area (Å²) in [7, 11) is 0. The van der Waals surface area contributed by atoms with Crippen molar-refractivity contribution in [3.05, 3.63) is 27.8 Å². The van der Waals surface area contributed by atoms with Crippen LogP contribution in [-0.4, -0.2) is 6.08 Å². The van der Waals surface area contributed by atoms with Crippen LogP contribution < -0.4 is 0 Å². The minimum Gasteiger partial charge on any atom is -0.724 e. The van der Waals surface area contributed by atoms with Crippen LogP contribution in [0.3, 0.4) is 0 Å². The fourth-order valence-electron chi connectivity index (χ4n) is 0.361. The van der Waals surface area contributed by atoms with Crippen molar-refractivity contribution in [2.75, 3.05) is 0 Å². The van der Waals surface area contributed by atoms with E-state index in [0.717, 1.165) is 0 Å². The lowest BCUT2D eigenvalue weighted by atomic mass is 10.5. The van der Waals surface area contributed by atoms with Crippen LogP contribution in [0.15, 0.2) is 17.5 Å². The molecule has 0 atom stereocenters. The van der Waals surface area contributed by atoms with Crippen molar-refractivity contribution in [2.24, 2.45) is 0 Å². The molecule has 9 heavy (non-hydrogen) atoms. The van der Waals surface area contributed by atoms with Crippen LogP contribution >= 0.6 is 11.3 Å². The van der Waals surface area contributed by atoms with Crippen LogP contribution in [0.4, 0.5) is 0 Å². The molecule has 0 spiro atoms. The summed E-state index contributed by atoms with van der Waals surface area (Å²) >= 11 is 1.78. The smallest absolute Gasteiger partial charge is 0.00141 e. The summed E-state index contributed by atoms with van der Waals surface area (Å²) < 4.78 is 0. The second-order valence-corrected chi connectivity index (χ2v) is 2.47. The van der Waals surface area contributed by atoms with Crippen LogP contribution in [0.25, 0.3) is 5.41 Å². The molecule has 0 aliphatic rings. The van der Waals surface area contributed by atoms with Gasteiger partial charge in [0.2, 0.25) is 0 Å². The number of aryl methyl sites for hydroxylation is 1. The molecule has 1 aromatic rings. The molecule has 0 amide bonds. The highest BCUT2D eigenvalue weighted by molar-refractivity contribution is 7.09. The van der Waals surface area contributed by atoms with E-state index < -0.39 is 0 Å². The van der Waals surface area contributed by atoms with Crippen LogP contribution in [0, 0.1) is 6.92 Å². The normalized spacial score (nSPS) is 6.78. The maximum absolute atomic E-state index is 8.24. The molecule has 0 saturated carbocycles. The molecule has 3 heteroatoms. The molecule has 0 unspecified atom stereocenters. The highest BCUT2D eigenvalue weighted by atomic mass is 32.1. The number of hydrogen-bond acceptors (Lipinski definition) is 2. The average molecular weight is 140 g/mol. The third-order valence-electron chi connectivity index (χ3n) is 0.663. The van der Waals surface area contributed by atoms with Crippen molar-refractivity contribution >= 4 is 17.4 Å². The lowest BCUT2D eigenvalue weighted by molar-refractivity contribution is 0.569. The number of carbonyl (C=O) groups excluding carboxylic acids is 1. The largest absolute Gasteiger partial charge is 0.724 e. The van der Waals surface area contributed by atoms with E-state index >= 15 is 0 Å². The van der Waals surface area contributed by atoms with Gasteiger partial charge in [-0.25, -0.2) is 0 Å². The molecule has 48 valence electrons. The van der Waals surface area contributed by atoms with E-state index in [1.807, 2.05) is 0 Å². The van der Waals surface area contributed by atoms with Crippen molar-refractivity contribution in [3.63, 3.8) is 0 Å². The molecule has 0 aliphatic heterocycles. The van der Waals surface area contributed by atoms with Crippen LogP contribution in [0.5, 0.6) is 0 Å². The Hall–Kier alpha value is -0.920. The van der Waals surface area contributed by atoms with Crippen molar-refractivity contribution in [2.45, 2.75) is 6.92 Å². The first-order valence-electron chi connectivity index (χ1n) is 2.32. The van der Waals surface area contributed by atoms with E-state index in [0.29, 0.717) is 6.08 Å². The third-order valence-corrected chi connectivity index (χ3v) is 1.46. The monoisotopic (exact) mass is 140 g/mol. The van der Waals surface area contributed by atoms with Crippen LogP contribution in [0.1, 0.15) is 4.88 Å². The molecule has 0 fully saturated rings. The van der Waals surface area contributed by atoms with Gasteiger partial charge in [-0.1, -0.05) is 6.07 Å². The molecule has 1 heterocycles. The Balaban J connectivity index is 0.000000187. The minimum atomic E-state index is 0.500. The van der Waals surface area contributed by atoms with Gasteiger partial charge in [0.1, 0.15) is 0 Å². The molecule has 0 saturated heterocycles. The van der Waals surface area contributed by atoms with Gasteiger partial charge in [0.25, 0.3) is 0 Å². The molecule has 1 rings (SSSR count). The third kappa shape index (κ3) is 4.94. The van der Waals surface area contributed by atoms with Gasteiger partial charge in [0.05, 0.1) is 0 Å². The maximum Gasteiger partial charge on any atom is 0.00141 e. The zero-order valence-electron chi connectivity index (χ0n) is 5.00. The predicted octanol–water partition coefficient (Wildman–Crippen LogP) is 1.95. The molecular weight excluding hydrogens is 134 g/mol. The summed E-state index contributed by atoms with van der Waals surface area (Å²) in [5, 5.41) is 8.84. The zero-order valence-corrected chi connectivity index (χ0v) is 5.81. The summed E-state index contributed by atoms with van der Waals surface area (Å²) in [5.74, 6) is 0. The Morgan fingerprint density at radius 3 is 2.44 bits per heavy atom. The lowest BCUT2D eigenvalue weighted by Crippen LogP contribution is -1.42. The first-order chi connectivity index (χ1) is 4.31. The Morgan fingerprint density at radius 1 is 1.78 bits per heavy atom. The standard InChI is InChI=1S/C5H6S.CNO/c1-5-3-2-4-6-5;2-1-3/h2-4H,1H3;/q;-1. The van der Waals surface area contributed by atoms with Gasteiger partial charge in [-0.15, -0.1) is 11.3 Å². The molecule has 1 aromatic heterocycles. The second-order valence-electron chi connectivity index (χ2n) is 1.31. The topological polar surface area (TPSA) is 39.4 Å². The summed E-state index contributed by atoms with van der Waals surface area (Å²) in [6.45, 7) is 2.10. The molecular formula is C6H6NOS-. The van der Waals surface area contributed by atoms with E-state index in [4.69, 9.17) is 10.2 Å². The quantitative estimate of drug-likeness (QED) is 0.401. The molecule has 0 bridgehead atoms. The van der Waals surface area contributed by atoms with E-state index in [1.54, 1.807) is 11.3 Å². The van der Waals surface area contributed by atoms with E-state index in [1.165, 1.54) is 4.88 Å². The highest BCUT2D eigenvalue weighted by Gasteiger charge is 1.74. The number of hydrogen-bond donors (Lipinski definition) is 0. The fraction of sp³-hybridized carbons (Fsp3) is 0.167. The van der Waals surface area contributed by atoms with E-state index in [9.17, 15) is 0 Å². The minimum absolute atomic E-state index is 0.500. The van der Waals surface area contributed by atoms with Gasteiger partial charge in [-0.3, -0.25) is 4.79 Å². The first kappa shape index (κ1) is 8.08. The number of rotatable bonds is 0. The van der Waals surface area contributed by atoms with Crippen molar-refractivity contribution in [1.29, 1.82) is 0 Å². The Morgan fingerprint density at radius 2 is 2.33 bits per heavy atom. The summed E-state index contributed by atoms with van der Waals surface area (Å²) in [6.07, 6.45) is 0.500. The number of isocyanates is 1. The van der Waals surface area contributed by atoms with Crippen LogP contribution in [0.2, 0.25) is 0 Å². The Kier molecular flexibility index (Phi) is 4.69. The van der Waals surface area contributed by atoms with Gasteiger partial charge in [0, 0.05) is 4.88 Å². The summed E-state index contributed by atoms with van der Waals surface area (Å²) in [4.78, 5) is 9.62. The maximum atomic E-state index is 8.24. The highest BCUT2D eigenvalue weighted by Crippen LogP contribution is 2.03. The summed E-state index contributed by atoms with van der Waals surface area (Å²) in [6, 6.07) is 4.16. The predicted molar refractivity (Wildman–Crippen MR) is 38.1 cm³/mol. The Labute approximate surface area is 57.7 Å². The van der Waals surface area contributed by atoms with Crippen molar-refractivity contribution < 1.29 is 4.79 Å². The van der Waals surface area contributed by atoms with Gasteiger partial charge in [-0.05, 0) is 24.5 Å².